The van der Waals surface area contributed by atoms with Crippen LogP contribution in [0.5, 0.6) is 0 Å². The minimum atomic E-state index is 1.00. The summed E-state index contributed by atoms with van der Waals surface area (Å²) in [5, 5.41) is 13.2. The van der Waals surface area contributed by atoms with E-state index in [1.165, 1.54) is 92.8 Å². The molecule has 234 valence electrons. The van der Waals surface area contributed by atoms with Crippen LogP contribution >= 0.6 is 12.6 Å². The number of fused-ring (bicyclic) bond motifs is 6. The summed E-state index contributed by atoms with van der Waals surface area (Å²) in [6.07, 6.45) is 0. The summed E-state index contributed by atoms with van der Waals surface area (Å²) in [5.74, 6) is 0. The van der Waals surface area contributed by atoms with Gasteiger partial charge in [-0.2, -0.15) is 0 Å². The van der Waals surface area contributed by atoms with Gasteiger partial charge in [-0.15, -0.1) is 12.6 Å². The first-order valence-corrected chi connectivity index (χ1v) is 17.7. The summed E-state index contributed by atoms with van der Waals surface area (Å²) >= 11 is 5.09. The number of thiol groups is 1. The maximum Gasteiger partial charge on any atom is 0.0197 e. The highest BCUT2D eigenvalue weighted by Crippen LogP contribution is 2.46. The SMILES string of the molecule is Cc1ccc(-c2cccc(-c3cc4c5ccccc5c5cccc6c7ccccc7c(c3)c4c56)c2)cc1-c1cccc(-c2ccccc2)c1S. The van der Waals surface area contributed by atoms with Gasteiger partial charge in [0.15, 0.2) is 0 Å². The molecule has 0 bridgehead atoms. The largest absolute Gasteiger partial charge is 0.142 e. The zero-order chi connectivity index (χ0) is 33.3. The normalized spacial score (nSPS) is 11.8. The second kappa shape index (κ2) is 11.3. The highest BCUT2D eigenvalue weighted by molar-refractivity contribution is 7.80. The lowest BCUT2D eigenvalue weighted by molar-refractivity contribution is 1.39. The van der Waals surface area contributed by atoms with Gasteiger partial charge in [0.05, 0.1) is 0 Å². The van der Waals surface area contributed by atoms with Crippen molar-refractivity contribution in [2.45, 2.75) is 11.8 Å². The van der Waals surface area contributed by atoms with Crippen molar-refractivity contribution in [3.05, 3.63) is 175 Å². The fourth-order valence-electron chi connectivity index (χ4n) is 8.26. The van der Waals surface area contributed by atoms with Crippen molar-refractivity contribution in [3.8, 4) is 44.5 Å². The molecule has 0 heterocycles. The molecular weight excluding hydrogens is 621 g/mol. The number of benzene rings is 10. The monoisotopic (exact) mass is 652 g/mol. The third-order valence-corrected chi connectivity index (χ3v) is 11.1. The van der Waals surface area contributed by atoms with Crippen LogP contribution < -0.4 is 0 Å². The molecular formula is C49H32S. The summed E-state index contributed by atoms with van der Waals surface area (Å²) in [4.78, 5) is 1.00. The van der Waals surface area contributed by atoms with Crippen LogP contribution in [0.15, 0.2) is 175 Å². The Bertz CT molecular complexity index is 2830. The number of hydrogen-bond donors (Lipinski definition) is 1. The molecule has 0 aliphatic heterocycles. The van der Waals surface area contributed by atoms with E-state index in [0.717, 1.165) is 16.0 Å². The molecule has 0 aliphatic rings. The van der Waals surface area contributed by atoms with Gasteiger partial charge in [0, 0.05) is 4.90 Å². The van der Waals surface area contributed by atoms with Gasteiger partial charge >= 0.3 is 0 Å². The molecule has 0 aliphatic carbocycles. The molecule has 0 atom stereocenters. The highest BCUT2D eigenvalue weighted by atomic mass is 32.1. The van der Waals surface area contributed by atoms with E-state index in [2.05, 4.69) is 177 Å². The summed E-state index contributed by atoms with van der Waals surface area (Å²) in [6.45, 7) is 2.19. The predicted octanol–water partition coefficient (Wildman–Crippen LogP) is 14.2. The molecule has 0 saturated heterocycles. The van der Waals surface area contributed by atoms with Gasteiger partial charge in [-0.1, -0.05) is 146 Å². The summed E-state index contributed by atoms with van der Waals surface area (Å²) < 4.78 is 0. The van der Waals surface area contributed by atoms with Crippen LogP contribution in [0.25, 0.3) is 98.4 Å². The molecule has 0 radical (unpaired) electrons. The Morgan fingerprint density at radius 3 is 1.42 bits per heavy atom. The van der Waals surface area contributed by atoms with Crippen molar-refractivity contribution >= 4 is 66.5 Å². The maximum absolute atomic E-state index is 5.09. The number of hydrogen-bond acceptors (Lipinski definition) is 1. The quantitative estimate of drug-likeness (QED) is 0.109. The first kappa shape index (κ1) is 29.1. The average Bonchev–Trinajstić information content (AvgIpc) is 3.18. The van der Waals surface area contributed by atoms with Crippen LogP contribution in [0.4, 0.5) is 0 Å². The van der Waals surface area contributed by atoms with Crippen molar-refractivity contribution in [1.29, 1.82) is 0 Å². The van der Waals surface area contributed by atoms with Crippen molar-refractivity contribution < 1.29 is 0 Å². The van der Waals surface area contributed by atoms with Gasteiger partial charge in [-0.05, 0) is 135 Å². The van der Waals surface area contributed by atoms with Crippen LogP contribution in [0.2, 0.25) is 0 Å². The smallest absolute Gasteiger partial charge is 0.0197 e. The minimum absolute atomic E-state index is 1.00. The molecule has 10 aromatic carbocycles. The van der Waals surface area contributed by atoms with Crippen LogP contribution in [-0.2, 0) is 0 Å². The summed E-state index contributed by atoms with van der Waals surface area (Å²) in [6, 6.07) is 62.3. The Hall–Kier alpha value is -5.89. The third kappa shape index (κ3) is 4.40. The standard InChI is InChI=1S/C49H32S/c1-30-24-25-34(27-44(30)43-23-10-20-36(49(43)50)31-12-3-2-4-13-31)32-14-9-15-33(26-32)35-28-45-39-18-7-5-16-37(39)41-21-11-22-42-38-17-6-8-19-40(38)46(29-35)48(45)47(41)42/h2-29,50H,1H3. The molecule has 0 unspecified atom stereocenters. The lowest BCUT2D eigenvalue weighted by atomic mass is 9.84. The van der Waals surface area contributed by atoms with E-state index in [-0.39, 0.29) is 0 Å². The molecule has 0 saturated carbocycles. The van der Waals surface area contributed by atoms with E-state index >= 15 is 0 Å². The molecule has 0 N–H and O–H groups in total. The lowest BCUT2D eigenvalue weighted by Crippen LogP contribution is -1.91. The van der Waals surface area contributed by atoms with Gasteiger partial charge in [0.25, 0.3) is 0 Å². The zero-order valence-electron chi connectivity index (χ0n) is 27.6. The van der Waals surface area contributed by atoms with Crippen LogP contribution in [0, 0.1) is 6.92 Å². The van der Waals surface area contributed by atoms with Gasteiger partial charge in [0.1, 0.15) is 0 Å². The fourth-order valence-corrected chi connectivity index (χ4v) is 8.66. The van der Waals surface area contributed by atoms with Crippen molar-refractivity contribution in [2.24, 2.45) is 0 Å². The summed E-state index contributed by atoms with van der Waals surface area (Å²) in [5.41, 5.74) is 10.7. The molecule has 1 heteroatoms. The van der Waals surface area contributed by atoms with E-state index in [4.69, 9.17) is 12.6 Å². The Morgan fingerprint density at radius 1 is 0.300 bits per heavy atom. The van der Waals surface area contributed by atoms with E-state index < -0.39 is 0 Å². The minimum Gasteiger partial charge on any atom is -0.142 e. The van der Waals surface area contributed by atoms with E-state index in [1.807, 2.05) is 0 Å². The average molecular weight is 653 g/mol. The van der Waals surface area contributed by atoms with Crippen molar-refractivity contribution in [3.63, 3.8) is 0 Å². The van der Waals surface area contributed by atoms with Crippen molar-refractivity contribution in [2.75, 3.05) is 0 Å². The first-order chi connectivity index (χ1) is 24.6. The van der Waals surface area contributed by atoms with Crippen molar-refractivity contribution in [1.82, 2.24) is 0 Å². The molecule has 0 spiro atoms. The molecule has 50 heavy (non-hydrogen) atoms. The molecule has 10 aromatic rings. The van der Waals surface area contributed by atoms with Gasteiger partial charge in [-0.25, -0.2) is 0 Å². The fraction of sp³-hybridized carbons (Fsp3) is 0.0204. The zero-order valence-corrected chi connectivity index (χ0v) is 28.5. The molecule has 0 aromatic heterocycles. The number of rotatable bonds is 4. The van der Waals surface area contributed by atoms with Gasteiger partial charge < -0.3 is 0 Å². The van der Waals surface area contributed by atoms with Gasteiger partial charge in [-0.3, -0.25) is 0 Å². The Labute approximate surface area is 297 Å². The number of aryl methyl sites for hydroxylation is 1. The molecule has 0 amide bonds. The summed E-state index contributed by atoms with van der Waals surface area (Å²) in [7, 11) is 0. The highest BCUT2D eigenvalue weighted by Gasteiger charge is 2.18. The van der Waals surface area contributed by atoms with E-state index in [1.54, 1.807) is 0 Å². The molecule has 0 nitrogen and oxygen atoms in total. The predicted molar refractivity (Wildman–Crippen MR) is 219 cm³/mol. The van der Waals surface area contributed by atoms with E-state index in [0.29, 0.717) is 0 Å². The molecule has 10 rings (SSSR count). The lowest BCUT2D eigenvalue weighted by Gasteiger charge is -2.19. The van der Waals surface area contributed by atoms with Crippen LogP contribution in [0.3, 0.4) is 0 Å². The second-order valence-corrected chi connectivity index (χ2v) is 13.9. The second-order valence-electron chi connectivity index (χ2n) is 13.4. The van der Waals surface area contributed by atoms with Crippen LogP contribution in [-0.4, -0.2) is 0 Å². The maximum atomic E-state index is 5.09. The molecule has 0 fully saturated rings. The Balaban J connectivity index is 1.17. The first-order valence-electron chi connectivity index (χ1n) is 17.2. The Kier molecular flexibility index (Phi) is 6.59. The third-order valence-electron chi connectivity index (χ3n) is 10.6. The Morgan fingerprint density at radius 2 is 0.760 bits per heavy atom. The van der Waals surface area contributed by atoms with Gasteiger partial charge in [0.2, 0.25) is 0 Å². The van der Waals surface area contributed by atoms with Crippen LogP contribution in [0.1, 0.15) is 5.56 Å². The van der Waals surface area contributed by atoms with E-state index in [9.17, 15) is 0 Å². The topological polar surface area (TPSA) is 0 Å².